The van der Waals surface area contributed by atoms with E-state index in [9.17, 15) is 14.9 Å². The Balaban J connectivity index is 1.66. The van der Waals surface area contributed by atoms with Gasteiger partial charge in [0.1, 0.15) is 6.23 Å². The van der Waals surface area contributed by atoms with Crippen molar-refractivity contribution in [1.29, 1.82) is 0 Å². The van der Waals surface area contributed by atoms with E-state index in [1.807, 2.05) is 25.1 Å². The third-order valence-electron chi connectivity index (χ3n) is 4.62. The Hall–Kier alpha value is -2.77. The van der Waals surface area contributed by atoms with Gasteiger partial charge in [-0.3, -0.25) is 14.9 Å². The number of hydrogen-bond acceptors (Lipinski definition) is 5. The van der Waals surface area contributed by atoms with Crippen LogP contribution in [-0.4, -0.2) is 34.7 Å². The zero-order valence-corrected chi connectivity index (χ0v) is 15.2. The number of amides is 1. The highest BCUT2D eigenvalue weighted by Gasteiger charge is 2.35. The molecule has 0 aliphatic carbocycles. The first-order valence-electron chi connectivity index (χ1n) is 9.08. The molecule has 1 aliphatic rings. The van der Waals surface area contributed by atoms with E-state index in [2.05, 4.69) is 17.6 Å². The molecule has 7 nitrogen and oxygen atoms in total. The van der Waals surface area contributed by atoms with Crippen LogP contribution in [0, 0.1) is 10.1 Å². The van der Waals surface area contributed by atoms with Gasteiger partial charge in [-0.15, -0.1) is 0 Å². The lowest BCUT2D eigenvalue weighted by molar-refractivity contribution is -0.384. The fourth-order valence-corrected chi connectivity index (χ4v) is 3.24. The standard InChI is InChI=1S/C20H23N3O4/c1-2-27-19-14-17(11-8-15-6-4-3-5-7-15)21-22(19)20(24)16-9-12-18(13-10-16)23(25)26/h3-7,9-10,12-13,17,19,21H,2,8,11,14H2,1H3/t17-,19?/m0/s1. The first-order chi connectivity index (χ1) is 13.1. The molecule has 1 N–H and O–H groups in total. The van der Waals surface area contributed by atoms with Crippen LogP contribution >= 0.6 is 0 Å². The molecular formula is C20H23N3O4. The summed E-state index contributed by atoms with van der Waals surface area (Å²) in [5.41, 5.74) is 4.86. The molecule has 0 radical (unpaired) electrons. The van der Waals surface area contributed by atoms with Gasteiger partial charge in [0.2, 0.25) is 0 Å². The summed E-state index contributed by atoms with van der Waals surface area (Å²) in [6, 6.07) is 16.0. The van der Waals surface area contributed by atoms with Crippen LogP contribution in [0.3, 0.4) is 0 Å². The first kappa shape index (κ1) is 19.0. The van der Waals surface area contributed by atoms with Gasteiger partial charge in [0.15, 0.2) is 0 Å². The monoisotopic (exact) mass is 369 g/mol. The summed E-state index contributed by atoms with van der Waals surface area (Å²) < 4.78 is 5.74. The second kappa shape index (κ2) is 8.75. The zero-order chi connectivity index (χ0) is 19.2. The van der Waals surface area contributed by atoms with Gasteiger partial charge in [0, 0.05) is 36.8 Å². The lowest BCUT2D eigenvalue weighted by atomic mass is 10.0. The number of hydrogen-bond donors (Lipinski definition) is 1. The molecule has 27 heavy (non-hydrogen) atoms. The maximum Gasteiger partial charge on any atom is 0.270 e. The number of nitro groups is 1. The van der Waals surface area contributed by atoms with E-state index >= 15 is 0 Å². The van der Waals surface area contributed by atoms with Gasteiger partial charge in [-0.1, -0.05) is 30.3 Å². The Labute approximate surface area is 158 Å². The predicted molar refractivity (Wildman–Crippen MR) is 101 cm³/mol. The Kier molecular flexibility index (Phi) is 6.16. The Bertz CT molecular complexity index is 780. The topological polar surface area (TPSA) is 84.7 Å². The van der Waals surface area contributed by atoms with Crippen LogP contribution in [0.15, 0.2) is 54.6 Å². The third kappa shape index (κ3) is 4.69. The van der Waals surface area contributed by atoms with Crippen LogP contribution in [0.1, 0.15) is 35.7 Å². The summed E-state index contributed by atoms with van der Waals surface area (Å²) in [6.45, 7) is 2.40. The molecule has 0 spiro atoms. The van der Waals surface area contributed by atoms with E-state index in [-0.39, 0.29) is 23.9 Å². The SMILES string of the molecule is CCOC1C[C@H](CCc2ccccc2)NN1C(=O)c1ccc([N+](=O)[O-])cc1. The van der Waals surface area contributed by atoms with Crippen molar-refractivity contribution in [3.8, 4) is 0 Å². The number of ether oxygens (including phenoxy) is 1. The van der Waals surface area contributed by atoms with Gasteiger partial charge in [-0.25, -0.2) is 10.4 Å². The summed E-state index contributed by atoms with van der Waals surface area (Å²) in [4.78, 5) is 23.2. The molecule has 0 saturated carbocycles. The zero-order valence-electron chi connectivity index (χ0n) is 15.2. The summed E-state index contributed by atoms with van der Waals surface area (Å²) in [6.07, 6.45) is 2.16. The highest BCUT2D eigenvalue weighted by atomic mass is 16.6. The maximum absolute atomic E-state index is 12.8. The van der Waals surface area contributed by atoms with Gasteiger partial charge in [0.05, 0.1) is 4.92 Å². The maximum atomic E-state index is 12.8. The van der Waals surface area contributed by atoms with Gasteiger partial charge in [-0.2, -0.15) is 0 Å². The van der Waals surface area contributed by atoms with E-state index in [0.717, 1.165) is 12.8 Å². The van der Waals surface area contributed by atoms with E-state index in [1.54, 1.807) is 0 Å². The van der Waals surface area contributed by atoms with Crippen LogP contribution in [0.5, 0.6) is 0 Å². The minimum absolute atomic E-state index is 0.0389. The summed E-state index contributed by atoms with van der Waals surface area (Å²) in [7, 11) is 0. The van der Waals surface area contributed by atoms with Crippen LogP contribution in [-0.2, 0) is 11.2 Å². The number of non-ortho nitro benzene ring substituents is 1. The highest BCUT2D eigenvalue weighted by Crippen LogP contribution is 2.23. The number of hydrazine groups is 1. The molecule has 1 aliphatic heterocycles. The number of carbonyl (C=O) groups excluding carboxylic acids is 1. The molecule has 1 amide bonds. The number of benzene rings is 2. The van der Waals surface area contributed by atoms with Gasteiger partial charge in [0.25, 0.3) is 11.6 Å². The van der Waals surface area contributed by atoms with E-state index in [1.165, 1.54) is 34.8 Å². The second-order valence-electron chi connectivity index (χ2n) is 6.48. The molecule has 2 aromatic carbocycles. The van der Waals surface area contributed by atoms with Crippen molar-refractivity contribution in [3.63, 3.8) is 0 Å². The Morgan fingerprint density at radius 1 is 1.22 bits per heavy atom. The molecule has 1 heterocycles. The molecule has 0 aromatic heterocycles. The van der Waals surface area contributed by atoms with Gasteiger partial charge in [-0.05, 0) is 37.5 Å². The highest BCUT2D eigenvalue weighted by molar-refractivity contribution is 5.94. The predicted octanol–water partition coefficient (Wildman–Crippen LogP) is 3.31. The van der Waals surface area contributed by atoms with E-state index in [0.29, 0.717) is 18.6 Å². The molecule has 1 saturated heterocycles. The van der Waals surface area contributed by atoms with Crippen molar-refractivity contribution in [2.75, 3.05) is 6.61 Å². The number of carbonyl (C=O) groups is 1. The van der Waals surface area contributed by atoms with Crippen molar-refractivity contribution >= 4 is 11.6 Å². The van der Waals surface area contributed by atoms with Crippen LogP contribution in [0.2, 0.25) is 0 Å². The average Bonchev–Trinajstić information content (AvgIpc) is 3.10. The molecule has 7 heteroatoms. The number of nitrogens with one attached hydrogen (secondary N) is 1. The third-order valence-corrected chi connectivity index (χ3v) is 4.62. The molecule has 2 atom stereocenters. The van der Waals surface area contributed by atoms with Gasteiger partial charge >= 0.3 is 0 Å². The minimum atomic E-state index is -0.481. The van der Waals surface area contributed by atoms with Crippen LogP contribution < -0.4 is 5.43 Å². The fourth-order valence-electron chi connectivity index (χ4n) is 3.24. The molecule has 2 aromatic rings. The fraction of sp³-hybridized carbons (Fsp3) is 0.350. The Morgan fingerprint density at radius 3 is 2.56 bits per heavy atom. The second-order valence-corrected chi connectivity index (χ2v) is 6.48. The van der Waals surface area contributed by atoms with Crippen LogP contribution in [0.4, 0.5) is 5.69 Å². The number of nitrogens with zero attached hydrogens (tertiary/aromatic N) is 2. The molecule has 0 bridgehead atoms. The Morgan fingerprint density at radius 2 is 1.93 bits per heavy atom. The van der Waals surface area contributed by atoms with Crippen LogP contribution in [0.25, 0.3) is 0 Å². The smallest absolute Gasteiger partial charge is 0.270 e. The molecule has 3 rings (SSSR count). The lowest BCUT2D eigenvalue weighted by Gasteiger charge is -2.24. The summed E-state index contributed by atoms with van der Waals surface area (Å²) in [5.74, 6) is -0.245. The van der Waals surface area contributed by atoms with Crippen molar-refractivity contribution in [2.24, 2.45) is 0 Å². The summed E-state index contributed by atoms with van der Waals surface area (Å²) >= 11 is 0. The lowest BCUT2D eigenvalue weighted by Crippen LogP contribution is -2.45. The largest absolute Gasteiger partial charge is 0.357 e. The quantitative estimate of drug-likeness (QED) is 0.598. The number of aryl methyl sites for hydroxylation is 1. The van der Waals surface area contributed by atoms with Crippen molar-refractivity contribution in [3.05, 3.63) is 75.8 Å². The normalized spacial score (nSPS) is 19.2. The van der Waals surface area contributed by atoms with E-state index < -0.39 is 4.92 Å². The van der Waals surface area contributed by atoms with Crippen molar-refractivity contribution < 1.29 is 14.5 Å². The van der Waals surface area contributed by atoms with Crippen molar-refractivity contribution in [1.82, 2.24) is 10.4 Å². The molecule has 1 fully saturated rings. The minimum Gasteiger partial charge on any atom is -0.357 e. The number of rotatable bonds is 7. The molecular weight excluding hydrogens is 346 g/mol. The number of nitro benzene ring substituents is 1. The van der Waals surface area contributed by atoms with Crippen molar-refractivity contribution in [2.45, 2.75) is 38.5 Å². The summed E-state index contributed by atoms with van der Waals surface area (Å²) in [5, 5.41) is 12.3. The average molecular weight is 369 g/mol. The molecule has 142 valence electrons. The first-order valence-corrected chi connectivity index (χ1v) is 9.08. The van der Waals surface area contributed by atoms with Gasteiger partial charge < -0.3 is 4.74 Å². The molecule has 1 unspecified atom stereocenters. The van der Waals surface area contributed by atoms with E-state index in [4.69, 9.17) is 4.74 Å².